The van der Waals surface area contributed by atoms with Crippen LogP contribution in [-0.4, -0.2) is 70.3 Å². The molecule has 0 saturated carbocycles. The Kier molecular flexibility index (Phi) is 8.25. The van der Waals surface area contributed by atoms with E-state index in [2.05, 4.69) is 20.2 Å². The summed E-state index contributed by atoms with van der Waals surface area (Å²) in [5.74, 6) is 0.0909. The minimum absolute atomic E-state index is 0.0750. The number of hydrogen-bond acceptors (Lipinski definition) is 10. The van der Waals surface area contributed by atoms with Crippen molar-refractivity contribution >= 4 is 28.8 Å². The van der Waals surface area contributed by atoms with E-state index in [1.54, 1.807) is 62.0 Å². The molecule has 0 radical (unpaired) electrons. The van der Waals surface area contributed by atoms with Gasteiger partial charge in [0, 0.05) is 37.0 Å². The van der Waals surface area contributed by atoms with Crippen molar-refractivity contribution in [2.24, 2.45) is 0 Å². The van der Waals surface area contributed by atoms with Gasteiger partial charge < -0.3 is 28.8 Å². The molecule has 4 aromatic rings. The van der Waals surface area contributed by atoms with Gasteiger partial charge in [0.2, 0.25) is 6.29 Å². The second-order valence-corrected chi connectivity index (χ2v) is 10.9. The fourth-order valence-electron chi connectivity index (χ4n) is 4.58. The lowest BCUT2D eigenvalue weighted by atomic mass is 10.1. The molecule has 1 aliphatic heterocycles. The number of benzene rings is 2. The number of nitrogens with one attached hydrogen (secondary N) is 1. The first kappa shape index (κ1) is 28.8. The smallest absolute Gasteiger partial charge is 0.428 e. The van der Waals surface area contributed by atoms with Crippen LogP contribution in [0.1, 0.15) is 43.6 Å². The molecule has 42 heavy (non-hydrogen) atoms. The summed E-state index contributed by atoms with van der Waals surface area (Å²) in [6.07, 6.45) is -0.271. The zero-order valence-corrected chi connectivity index (χ0v) is 24.0. The Bertz CT molecular complexity index is 1650. The van der Waals surface area contributed by atoms with Gasteiger partial charge in [-0.3, -0.25) is 4.79 Å². The minimum Gasteiger partial charge on any atom is -0.428 e. The molecule has 2 aromatic carbocycles. The molecule has 220 valence electrons. The molecule has 1 fully saturated rings. The Balaban J connectivity index is 1.30. The molecular weight excluding hydrogens is 542 g/mol. The lowest BCUT2D eigenvalue weighted by Crippen LogP contribution is -2.37. The van der Waals surface area contributed by atoms with Gasteiger partial charge in [-0.25, -0.2) is 14.3 Å². The maximum absolute atomic E-state index is 12.9. The molecule has 0 spiro atoms. The van der Waals surface area contributed by atoms with Gasteiger partial charge in [0.1, 0.15) is 17.1 Å². The highest BCUT2D eigenvalue weighted by molar-refractivity contribution is 5.93. The quantitative estimate of drug-likeness (QED) is 0.253. The van der Waals surface area contributed by atoms with Crippen LogP contribution in [0.2, 0.25) is 0 Å². The highest BCUT2D eigenvalue weighted by Gasteiger charge is 2.22. The number of morpholine rings is 1. The predicted molar refractivity (Wildman–Crippen MR) is 154 cm³/mol. The van der Waals surface area contributed by atoms with Crippen molar-refractivity contribution in [2.45, 2.75) is 46.1 Å². The fraction of sp³-hybridized carbons (Fsp3) is 0.367. The lowest BCUT2D eigenvalue weighted by Gasteiger charge is -2.28. The average Bonchev–Trinajstić information content (AvgIpc) is 3.40. The number of carbonyl (C=O) groups is 2. The number of H-pyrrole nitrogens is 1. The van der Waals surface area contributed by atoms with Gasteiger partial charge in [0.05, 0.1) is 37.0 Å². The summed E-state index contributed by atoms with van der Waals surface area (Å²) >= 11 is 0. The number of fused-ring (bicyclic) bond motifs is 1. The van der Waals surface area contributed by atoms with Gasteiger partial charge in [-0.2, -0.15) is 0 Å². The van der Waals surface area contributed by atoms with Gasteiger partial charge in [-0.15, -0.1) is 5.10 Å². The van der Waals surface area contributed by atoms with Gasteiger partial charge in [0.15, 0.2) is 5.43 Å². The maximum Gasteiger partial charge on any atom is 0.511 e. The number of pyridine rings is 1. The average molecular weight is 576 g/mol. The third-order valence-electron chi connectivity index (χ3n) is 6.45. The predicted octanol–water partition coefficient (Wildman–Crippen LogP) is 4.13. The molecule has 0 amide bonds. The number of hydrogen-bond donors (Lipinski definition) is 1. The number of carbonyl (C=O) groups excluding carboxylic acids is 2. The van der Waals surface area contributed by atoms with E-state index in [0.29, 0.717) is 49.4 Å². The largest absolute Gasteiger partial charge is 0.511 e. The molecule has 1 N–H and O–H groups in total. The molecule has 0 bridgehead atoms. The Morgan fingerprint density at radius 3 is 2.60 bits per heavy atom. The SMILES string of the molecule is CC(OC(=O)OC(C)(C)C)OC(=O)c1cccc(Cn2cc(-c3cccc4c(=O)cc(N5CCOCC5)[nH]c34)nn2)c1. The fourth-order valence-corrected chi connectivity index (χ4v) is 4.58. The van der Waals surface area contributed by atoms with Crippen LogP contribution in [0.25, 0.3) is 22.2 Å². The second-order valence-electron chi connectivity index (χ2n) is 10.9. The first-order chi connectivity index (χ1) is 20.1. The van der Waals surface area contributed by atoms with Crippen LogP contribution in [-0.2, 0) is 25.5 Å². The van der Waals surface area contributed by atoms with Crippen molar-refractivity contribution in [1.29, 1.82) is 0 Å². The van der Waals surface area contributed by atoms with E-state index in [1.165, 1.54) is 6.92 Å². The van der Waals surface area contributed by atoms with Gasteiger partial charge in [-0.05, 0) is 44.5 Å². The van der Waals surface area contributed by atoms with Crippen molar-refractivity contribution in [1.82, 2.24) is 20.0 Å². The van der Waals surface area contributed by atoms with E-state index in [1.807, 2.05) is 18.2 Å². The number of ether oxygens (including phenoxy) is 4. The first-order valence-electron chi connectivity index (χ1n) is 13.6. The zero-order chi connectivity index (χ0) is 29.9. The van der Waals surface area contributed by atoms with Crippen molar-refractivity contribution < 1.29 is 28.5 Å². The number of aromatic nitrogens is 4. The Morgan fingerprint density at radius 2 is 1.83 bits per heavy atom. The van der Waals surface area contributed by atoms with Crippen molar-refractivity contribution in [3.63, 3.8) is 0 Å². The molecule has 1 unspecified atom stereocenters. The summed E-state index contributed by atoms with van der Waals surface area (Å²) in [7, 11) is 0. The number of nitrogens with zero attached hydrogens (tertiary/aromatic N) is 4. The van der Waals surface area contributed by atoms with Crippen LogP contribution in [0.15, 0.2) is 59.5 Å². The number of aromatic amines is 1. The summed E-state index contributed by atoms with van der Waals surface area (Å²) < 4.78 is 22.4. The van der Waals surface area contributed by atoms with Crippen molar-refractivity contribution in [3.8, 4) is 11.3 Å². The zero-order valence-electron chi connectivity index (χ0n) is 24.0. The third kappa shape index (κ3) is 6.95. The summed E-state index contributed by atoms with van der Waals surface area (Å²) in [4.78, 5) is 43.0. The highest BCUT2D eigenvalue weighted by atomic mass is 16.8. The second kappa shape index (κ2) is 12.0. The Morgan fingerprint density at radius 1 is 1.07 bits per heavy atom. The van der Waals surface area contributed by atoms with Crippen LogP contribution in [0.3, 0.4) is 0 Å². The van der Waals surface area contributed by atoms with Crippen LogP contribution in [0.5, 0.6) is 0 Å². The molecule has 12 heteroatoms. The van der Waals surface area contributed by atoms with E-state index < -0.39 is 24.0 Å². The van der Waals surface area contributed by atoms with E-state index in [9.17, 15) is 14.4 Å². The van der Waals surface area contributed by atoms with E-state index in [0.717, 1.165) is 16.9 Å². The maximum atomic E-state index is 12.9. The molecule has 3 heterocycles. The van der Waals surface area contributed by atoms with Crippen molar-refractivity contribution in [3.05, 3.63) is 76.1 Å². The summed E-state index contributed by atoms with van der Waals surface area (Å²) in [6, 6.07) is 14.0. The van der Waals surface area contributed by atoms with Crippen LogP contribution < -0.4 is 10.3 Å². The Hall–Kier alpha value is -4.71. The molecule has 1 aliphatic rings. The van der Waals surface area contributed by atoms with Gasteiger partial charge in [-0.1, -0.05) is 29.5 Å². The monoisotopic (exact) mass is 575 g/mol. The number of esters is 1. The molecule has 1 atom stereocenters. The molecule has 0 aliphatic carbocycles. The van der Waals surface area contributed by atoms with Crippen molar-refractivity contribution in [2.75, 3.05) is 31.2 Å². The summed E-state index contributed by atoms with van der Waals surface area (Å²) in [5, 5.41) is 9.20. The molecule has 2 aromatic heterocycles. The van der Waals surface area contributed by atoms with E-state index in [4.69, 9.17) is 18.9 Å². The summed E-state index contributed by atoms with van der Waals surface area (Å²) in [5.41, 5.74) is 2.30. The van der Waals surface area contributed by atoms with Gasteiger partial charge in [0.25, 0.3) is 0 Å². The first-order valence-corrected chi connectivity index (χ1v) is 13.6. The standard InChI is InChI=1S/C30H33N5O7/c1-19(41-29(38)42-30(2,3)4)40-28(37)21-8-5-7-20(15-21)17-35-18-24(32-33-35)22-9-6-10-23-25(36)16-26(31-27(22)23)34-11-13-39-14-12-34/h5-10,15-16,18-19H,11-14,17H2,1-4H3,(H,31,36). The summed E-state index contributed by atoms with van der Waals surface area (Å²) in [6.45, 7) is 9.50. The number of para-hydroxylation sites is 1. The van der Waals surface area contributed by atoms with Crippen LogP contribution >= 0.6 is 0 Å². The third-order valence-corrected chi connectivity index (χ3v) is 6.45. The van der Waals surface area contributed by atoms with Crippen LogP contribution in [0, 0.1) is 0 Å². The van der Waals surface area contributed by atoms with Gasteiger partial charge >= 0.3 is 12.1 Å². The number of rotatable bonds is 7. The minimum atomic E-state index is -1.13. The molecule has 5 rings (SSSR count). The molecular formula is C30H33N5O7. The lowest BCUT2D eigenvalue weighted by molar-refractivity contribution is -0.0975. The number of anilines is 1. The Labute approximate surface area is 242 Å². The van der Waals surface area contributed by atoms with E-state index >= 15 is 0 Å². The topological polar surface area (TPSA) is 138 Å². The van der Waals surface area contributed by atoms with Crippen LogP contribution in [0.4, 0.5) is 10.6 Å². The highest BCUT2D eigenvalue weighted by Crippen LogP contribution is 2.26. The molecule has 12 nitrogen and oxygen atoms in total. The normalized spacial score (nSPS) is 14.4. The van der Waals surface area contributed by atoms with E-state index in [-0.39, 0.29) is 11.0 Å². The molecule has 1 saturated heterocycles.